The number of carbonyl (C=O) groups excluding carboxylic acids is 1. The number of urea groups is 1. The highest BCUT2D eigenvalue weighted by molar-refractivity contribution is 9.10. The van der Waals surface area contributed by atoms with E-state index >= 15 is 0 Å². The number of carbonyl (C=O) groups is 1. The number of hydrogen-bond acceptors (Lipinski definition) is 2. The van der Waals surface area contributed by atoms with E-state index in [0.29, 0.717) is 11.9 Å². The topological polar surface area (TPSA) is 61.9 Å². The van der Waals surface area contributed by atoms with Gasteiger partial charge in [0.1, 0.15) is 5.84 Å². The number of aliphatic imine (C=N–C) groups is 1. The highest BCUT2D eigenvalue weighted by Gasteiger charge is 2.36. The molecule has 1 saturated heterocycles. The highest BCUT2D eigenvalue weighted by Crippen LogP contribution is 2.33. The number of benzene rings is 1. The number of piperidine rings is 1. The molecule has 1 aromatic carbocycles. The van der Waals surface area contributed by atoms with Crippen molar-refractivity contribution in [1.82, 2.24) is 9.80 Å². The molecular formula is C20H31BrN4O. The van der Waals surface area contributed by atoms with Crippen LogP contribution in [0.1, 0.15) is 39.2 Å². The van der Waals surface area contributed by atoms with Crippen LogP contribution in [0.3, 0.4) is 0 Å². The van der Waals surface area contributed by atoms with Crippen molar-refractivity contribution in [2.24, 2.45) is 16.6 Å². The zero-order valence-corrected chi connectivity index (χ0v) is 18.1. The summed E-state index contributed by atoms with van der Waals surface area (Å²) in [6.07, 6.45) is 1.95. The number of nitrogens with two attached hydrogens (primary N) is 1. The van der Waals surface area contributed by atoms with Gasteiger partial charge in [-0.15, -0.1) is 0 Å². The van der Waals surface area contributed by atoms with Gasteiger partial charge in [0.2, 0.25) is 0 Å². The van der Waals surface area contributed by atoms with Gasteiger partial charge < -0.3 is 15.5 Å². The van der Waals surface area contributed by atoms with E-state index in [4.69, 9.17) is 5.73 Å². The van der Waals surface area contributed by atoms with E-state index < -0.39 is 5.41 Å². The molecule has 0 spiro atoms. The average Bonchev–Trinajstić information content (AvgIpc) is 2.61. The lowest BCUT2D eigenvalue weighted by Gasteiger charge is -2.36. The predicted octanol–water partition coefficient (Wildman–Crippen LogP) is 3.87. The van der Waals surface area contributed by atoms with Crippen molar-refractivity contribution in [3.8, 4) is 0 Å². The van der Waals surface area contributed by atoms with E-state index in [9.17, 15) is 4.79 Å². The number of rotatable bonds is 4. The summed E-state index contributed by atoms with van der Waals surface area (Å²) >= 11 is 3.47. The first-order valence-corrected chi connectivity index (χ1v) is 10.0. The first-order chi connectivity index (χ1) is 12.2. The molecule has 2 N–H and O–H groups in total. The number of nitrogens with zero attached hydrogens (tertiary/aromatic N) is 3. The van der Waals surface area contributed by atoms with Gasteiger partial charge >= 0.3 is 6.03 Å². The second kappa shape index (κ2) is 8.53. The van der Waals surface area contributed by atoms with Crippen molar-refractivity contribution in [1.29, 1.82) is 0 Å². The van der Waals surface area contributed by atoms with Gasteiger partial charge in [0, 0.05) is 23.6 Å². The summed E-state index contributed by atoms with van der Waals surface area (Å²) in [6, 6.07) is 8.39. The van der Waals surface area contributed by atoms with Crippen molar-refractivity contribution in [2.45, 2.75) is 45.1 Å². The van der Waals surface area contributed by atoms with Gasteiger partial charge in [-0.25, -0.2) is 4.79 Å². The van der Waals surface area contributed by atoms with Crippen molar-refractivity contribution in [3.63, 3.8) is 0 Å². The Morgan fingerprint density at radius 1 is 1.27 bits per heavy atom. The molecule has 2 amide bonds. The van der Waals surface area contributed by atoms with Crippen LogP contribution in [0.5, 0.6) is 0 Å². The minimum atomic E-state index is -0.488. The standard InChI is InChI=1S/C20H31BrN4O/c1-14(2)20(3,15-6-8-16(21)9-7-15)18(22)23-19(26)25-12-10-17(11-13-25)24(4)5/h6-9,14,17H,10-13H2,1-5H3,(H2,22,23,26). The van der Waals surface area contributed by atoms with Crippen LogP contribution in [-0.2, 0) is 5.41 Å². The lowest BCUT2D eigenvalue weighted by atomic mass is 9.72. The molecule has 1 atom stereocenters. The summed E-state index contributed by atoms with van der Waals surface area (Å²) in [5.41, 5.74) is 6.97. The molecule has 5 nitrogen and oxygen atoms in total. The third kappa shape index (κ3) is 4.46. The summed E-state index contributed by atoms with van der Waals surface area (Å²) in [4.78, 5) is 21.0. The van der Waals surface area contributed by atoms with Gasteiger partial charge in [-0.3, -0.25) is 0 Å². The van der Waals surface area contributed by atoms with Gasteiger partial charge in [-0.1, -0.05) is 41.9 Å². The third-order valence-electron chi connectivity index (χ3n) is 5.81. The smallest absolute Gasteiger partial charge is 0.345 e. The van der Waals surface area contributed by atoms with E-state index in [0.717, 1.165) is 36.0 Å². The minimum absolute atomic E-state index is 0.208. The van der Waals surface area contributed by atoms with Crippen LogP contribution in [0.2, 0.25) is 0 Å². The Kier molecular flexibility index (Phi) is 6.86. The molecule has 1 fully saturated rings. The first-order valence-electron chi connectivity index (χ1n) is 9.22. The molecule has 1 aliphatic rings. The Morgan fingerprint density at radius 2 is 1.81 bits per heavy atom. The van der Waals surface area contributed by atoms with Crippen LogP contribution >= 0.6 is 15.9 Å². The van der Waals surface area contributed by atoms with Crippen LogP contribution in [-0.4, -0.2) is 54.9 Å². The first kappa shape index (κ1) is 20.9. The van der Waals surface area contributed by atoms with E-state index in [2.05, 4.69) is 60.7 Å². The second-order valence-corrected chi connectivity index (χ2v) is 8.74. The number of amides is 2. The Labute approximate surface area is 165 Å². The fourth-order valence-corrected chi connectivity index (χ4v) is 3.70. The second-order valence-electron chi connectivity index (χ2n) is 7.83. The van der Waals surface area contributed by atoms with Gasteiger partial charge in [-0.2, -0.15) is 4.99 Å². The fourth-order valence-electron chi connectivity index (χ4n) is 3.44. The molecule has 1 heterocycles. The molecule has 1 aliphatic heterocycles. The molecule has 1 unspecified atom stereocenters. The van der Waals surface area contributed by atoms with Crippen LogP contribution < -0.4 is 5.73 Å². The summed E-state index contributed by atoms with van der Waals surface area (Å²) in [6.45, 7) is 7.74. The number of likely N-dealkylation sites (tertiary alicyclic amines) is 1. The molecule has 1 aromatic rings. The molecule has 0 aromatic heterocycles. The zero-order valence-electron chi connectivity index (χ0n) is 16.5. The maximum atomic E-state index is 12.7. The molecule has 0 aliphatic carbocycles. The highest BCUT2D eigenvalue weighted by atomic mass is 79.9. The van der Waals surface area contributed by atoms with Crippen molar-refractivity contribution in [2.75, 3.05) is 27.2 Å². The summed E-state index contributed by atoms with van der Waals surface area (Å²) in [7, 11) is 4.18. The molecule has 144 valence electrons. The monoisotopic (exact) mass is 422 g/mol. The molecular weight excluding hydrogens is 392 g/mol. The lowest BCUT2D eigenvalue weighted by Crippen LogP contribution is -2.46. The largest absolute Gasteiger partial charge is 0.386 e. The molecule has 0 bridgehead atoms. The Balaban J connectivity index is 2.19. The molecule has 2 rings (SSSR count). The van der Waals surface area contributed by atoms with Gasteiger partial charge in [0.15, 0.2) is 0 Å². The van der Waals surface area contributed by atoms with E-state index in [1.165, 1.54) is 0 Å². The molecule has 26 heavy (non-hydrogen) atoms. The van der Waals surface area contributed by atoms with Crippen LogP contribution in [0.4, 0.5) is 4.79 Å². The van der Waals surface area contributed by atoms with E-state index in [1.807, 2.05) is 29.2 Å². The zero-order chi connectivity index (χ0) is 19.5. The van der Waals surface area contributed by atoms with Crippen molar-refractivity contribution < 1.29 is 4.79 Å². The molecule has 0 radical (unpaired) electrons. The number of hydrogen-bond donors (Lipinski definition) is 1. The van der Waals surface area contributed by atoms with Crippen molar-refractivity contribution >= 4 is 27.8 Å². The fraction of sp³-hybridized carbons (Fsp3) is 0.600. The van der Waals surface area contributed by atoms with E-state index in [-0.39, 0.29) is 11.9 Å². The SMILES string of the molecule is CC(C)C(C)(C(N)=NC(=O)N1CCC(N(C)C)CC1)c1ccc(Br)cc1. The Bertz CT molecular complexity index is 648. The van der Waals surface area contributed by atoms with Gasteiger partial charge in [0.05, 0.1) is 5.41 Å². The van der Waals surface area contributed by atoms with Crippen molar-refractivity contribution in [3.05, 3.63) is 34.3 Å². The average molecular weight is 423 g/mol. The number of halogens is 1. The third-order valence-corrected chi connectivity index (χ3v) is 6.34. The Morgan fingerprint density at radius 3 is 2.27 bits per heavy atom. The van der Waals surface area contributed by atoms with Gasteiger partial charge in [0.25, 0.3) is 0 Å². The maximum absolute atomic E-state index is 12.7. The normalized spacial score (nSPS) is 19.1. The van der Waals surface area contributed by atoms with Crippen LogP contribution in [0, 0.1) is 5.92 Å². The van der Waals surface area contributed by atoms with E-state index in [1.54, 1.807) is 0 Å². The quantitative estimate of drug-likeness (QED) is 0.591. The summed E-state index contributed by atoms with van der Waals surface area (Å²) in [5.74, 6) is 0.592. The lowest BCUT2D eigenvalue weighted by molar-refractivity contribution is 0.154. The predicted molar refractivity (Wildman–Crippen MR) is 112 cm³/mol. The van der Waals surface area contributed by atoms with Gasteiger partial charge in [-0.05, 0) is 57.5 Å². The summed E-state index contributed by atoms with van der Waals surface area (Å²) in [5, 5.41) is 0. The minimum Gasteiger partial charge on any atom is -0.386 e. The molecule has 0 saturated carbocycles. The molecule has 6 heteroatoms. The summed E-state index contributed by atoms with van der Waals surface area (Å²) < 4.78 is 1.02. The maximum Gasteiger partial charge on any atom is 0.345 e. The van der Waals surface area contributed by atoms with Crippen LogP contribution in [0.15, 0.2) is 33.7 Å². The van der Waals surface area contributed by atoms with Crippen LogP contribution in [0.25, 0.3) is 0 Å². The number of amidine groups is 1. The Hall–Kier alpha value is -1.40.